The van der Waals surface area contributed by atoms with Crippen molar-refractivity contribution in [3.8, 4) is 0 Å². The number of esters is 1. The number of halogens is 3. The van der Waals surface area contributed by atoms with Crippen LogP contribution < -0.4 is 10.0 Å². The van der Waals surface area contributed by atoms with Gasteiger partial charge in [0.15, 0.2) is 0 Å². The van der Waals surface area contributed by atoms with Crippen LogP contribution in [0, 0.1) is 12.8 Å². The van der Waals surface area contributed by atoms with Crippen molar-refractivity contribution in [2.75, 3.05) is 7.11 Å². The number of ether oxygens (including phenoxy) is 1. The number of hydrogen-bond acceptors (Lipinski definition) is 5. The zero-order valence-electron chi connectivity index (χ0n) is 13.7. The second-order valence-corrected chi connectivity index (χ2v) is 7.34. The minimum Gasteiger partial charge on any atom is -0.468 e. The Labute approximate surface area is 147 Å². The van der Waals surface area contributed by atoms with E-state index >= 15 is 0 Å². The molecule has 0 saturated carbocycles. The monoisotopic (exact) mass is 392 g/mol. The average molecular weight is 392 g/mol. The van der Waals surface area contributed by atoms with Crippen molar-refractivity contribution in [3.63, 3.8) is 0 Å². The predicted octanol–water partition coefficient (Wildman–Crippen LogP) is 1.01. The third-order valence-corrected chi connectivity index (χ3v) is 5.41. The fraction of sp³-hybridized carbons (Fsp3) is 0.333. The fourth-order valence-electron chi connectivity index (χ4n) is 2.59. The summed E-state index contributed by atoms with van der Waals surface area (Å²) in [6.07, 6.45) is -5.45. The highest BCUT2D eigenvalue weighted by Gasteiger charge is 2.72. The highest BCUT2D eigenvalue weighted by molar-refractivity contribution is 7.89. The fourth-order valence-corrected chi connectivity index (χ4v) is 3.95. The van der Waals surface area contributed by atoms with Gasteiger partial charge in [0.25, 0.3) is 5.91 Å². The van der Waals surface area contributed by atoms with Gasteiger partial charge in [-0.15, -0.1) is 0 Å². The second kappa shape index (κ2) is 6.40. The summed E-state index contributed by atoms with van der Waals surface area (Å²) in [6.45, 7) is 4.87. The maximum atomic E-state index is 13.9. The molecule has 1 aromatic carbocycles. The molecule has 1 fully saturated rings. The Bertz CT molecular complexity index is 864. The van der Waals surface area contributed by atoms with E-state index in [4.69, 9.17) is 0 Å². The van der Waals surface area contributed by atoms with Crippen LogP contribution in [0.25, 0.3) is 0 Å². The van der Waals surface area contributed by atoms with Crippen LogP contribution in [0.4, 0.5) is 13.2 Å². The smallest absolute Gasteiger partial charge is 0.417 e. The van der Waals surface area contributed by atoms with Crippen LogP contribution >= 0.6 is 0 Å². The van der Waals surface area contributed by atoms with Gasteiger partial charge < -0.3 is 10.1 Å². The first-order chi connectivity index (χ1) is 11.9. The zero-order valence-corrected chi connectivity index (χ0v) is 14.5. The van der Waals surface area contributed by atoms with E-state index < -0.39 is 50.1 Å². The van der Waals surface area contributed by atoms with Crippen molar-refractivity contribution < 1.29 is 35.9 Å². The molecule has 0 aliphatic carbocycles. The normalized spacial score (nSPS) is 23.7. The first kappa shape index (κ1) is 19.9. The minimum absolute atomic E-state index is 0.499. The van der Waals surface area contributed by atoms with E-state index in [0.717, 1.165) is 19.2 Å². The van der Waals surface area contributed by atoms with Gasteiger partial charge in [-0.25, -0.2) is 8.42 Å². The van der Waals surface area contributed by atoms with Crippen molar-refractivity contribution in [3.05, 3.63) is 42.1 Å². The number of hydrogen-bond donors (Lipinski definition) is 2. The summed E-state index contributed by atoms with van der Waals surface area (Å²) in [7, 11) is -4.00. The molecule has 26 heavy (non-hydrogen) atoms. The van der Waals surface area contributed by atoms with E-state index in [1.54, 1.807) is 12.2 Å². The molecule has 11 heteroatoms. The lowest BCUT2D eigenvalue weighted by Gasteiger charge is -2.33. The summed E-state index contributed by atoms with van der Waals surface area (Å²) < 4.78 is 72.2. The van der Waals surface area contributed by atoms with E-state index in [-0.39, 0.29) is 0 Å². The second-order valence-electron chi connectivity index (χ2n) is 5.66. The van der Waals surface area contributed by atoms with Crippen LogP contribution in [-0.4, -0.2) is 39.1 Å². The number of amides is 1. The van der Waals surface area contributed by atoms with E-state index in [0.29, 0.717) is 5.56 Å². The van der Waals surface area contributed by atoms with Crippen molar-refractivity contribution in [1.82, 2.24) is 10.0 Å². The van der Waals surface area contributed by atoms with Crippen LogP contribution in [0.2, 0.25) is 0 Å². The Balaban J connectivity index is 2.64. The number of alkyl halides is 3. The molecule has 0 aromatic heterocycles. The maximum absolute atomic E-state index is 13.9. The Morgan fingerprint density at radius 2 is 1.85 bits per heavy atom. The third kappa shape index (κ3) is 3.07. The first-order valence-corrected chi connectivity index (χ1v) is 8.60. The van der Waals surface area contributed by atoms with Gasteiger partial charge in [0, 0.05) is 5.70 Å². The molecule has 2 N–H and O–H groups in total. The van der Waals surface area contributed by atoms with Crippen molar-refractivity contribution in [2.45, 2.75) is 23.5 Å². The topological polar surface area (TPSA) is 102 Å². The number of carbonyl (C=O) groups excluding carboxylic acids is 2. The molecule has 7 nitrogen and oxygen atoms in total. The Hall–Kier alpha value is -2.40. The maximum Gasteiger partial charge on any atom is 0.417 e. The van der Waals surface area contributed by atoms with Crippen LogP contribution in [-0.2, 0) is 24.3 Å². The number of aryl methyl sites for hydroxylation is 1. The lowest BCUT2D eigenvalue weighted by molar-refractivity contribution is -0.204. The van der Waals surface area contributed by atoms with Gasteiger partial charge in [0.1, 0.15) is 5.92 Å². The molecule has 1 aliphatic heterocycles. The van der Waals surface area contributed by atoms with Crippen molar-refractivity contribution in [2.24, 2.45) is 5.92 Å². The molecule has 1 aliphatic rings. The van der Waals surface area contributed by atoms with Crippen LogP contribution in [0.15, 0.2) is 41.4 Å². The highest BCUT2D eigenvalue weighted by Crippen LogP contribution is 2.44. The van der Waals surface area contributed by atoms with E-state index in [1.165, 1.54) is 16.9 Å². The average Bonchev–Trinajstić information content (AvgIpc) is 2.77. The van der Waals surface area contributed by atoms with Gasteiger partial charge in [-0.2, -0.15) is 17.9 Å². The number of methoxy groups -OCH3 is 1. The predicted molar refractivity (Wildman–Crippen MR) is 83.1 cm³/mol. The molecule has 1 aromatic rings. The Morgan fingerprint density at radius 1 is 1.31 bits per heavy atom. The summed E-state index contributed by atoms with van der Waals surface area (Å²) in [5, 5.41) is 1.78. The van der Waals surface area contributed by atoms with Gasteiger partial charge in [0.2, 0.25) is 15.6 Å². The molecule has 1 amide bonds. The molecule has 0 unspecified atom stereocenters. The van der Waals surface area contributed by atoms with Crippen LogP contribution in [0.3, 0.4) is 0 Å². The van der Waals surface area contributed by atoms with Gasteiger partial charge >= 0.3 is 12.1 Å². The minimum atomic E-state index is -5.45. The summed E-state index contributed by atoms with van der Waals surface area (Å²) in [5.74, 6) is -5.54. The number of benzene rings is 1. The Kier molecular flexibility index (Phi) is 4.90. The van der Waals surface area contributed by atoms with E-state index in [1.807, 2.05) is 0 Å². The molecule has 142 valence electrons. The SMILES string of the molecule is C=C1NC(=O)[C@](NS(=O)(=O)c2ccc(C)cc2)(C(F)(F)F)[C@@H]1C(=O)OC. The molecule has 0 spiro atoms. The van der Waals surface area contributed by atoms with Gasteiger partial charge in [0.05, 0.1) is 12.0 Å². The highest BCUT2D eigenvalue weighted by atomic mass is 32.2. The molecule has 0 bridgehead atoms. The molecule has 1 heterocycles. The van der Waals surface area contributed by atoms with Gasteiger partial charge in [-0.3, -0.25) is 9.59 Å². The zero-order chi connectivity index (χ0) is 19.9. The van der Waals surface area contributed by atoms with E-state index in [9.17, 15) is 31.2 Å². The molecule has 2 atom stereocenters. The van der Waals surface area contributed by atoms with Crippen LogP contribution in [0.1, 0.15) is 5.56 Å². The number of sulfonamides is 1. The molecular formula is C15H15F3N2O5S. The summed E-state index contributed by atoms with van der Waals surface area (Å²) >= 11 is 0. The first-order valence-electron chi connectivity index (χ1n) is 7.12. The van der Waals surface area contributed by atoms with Crippen molar-refractivity contribution in [1.29, 1.82) is 0 Å². The van der Waals surface area contributed by atoms with Gasteiger partial charge in [-0.1, -0.05) is 24.3 Å². The number of carbonyl (C=O) groups is 2. The van der Waals surface area contributed by atoms with Crippen LogP contribution in [0.5, 0.6) is 0 Å². The van der Waals surface area contributed by atoms with Crippen molar-refractivity contribution >= 4 is 21.9 Å². The molecule has 2 rings (SSSR count). The Morgan fingerprint density at radius 3 is 2.31 bits per heavy atom. The molecule has 0 radical (unpaired) electrons. The van der Waals surface area contributed by atoms with Gasteiger partial charge in [-0.05, 0) is 19.1 Å². The largest absolute Gasteiger partial charge is 0.468 e. The molecular weight excluding hydrogens is 377 g/mol. The summed E-state index contributed by atoms with van der Waals surface area (Å²) in [5.41, 5.74) is -3.72. The lowest BCUT2D eigenvalue weighted by Crippen LogP contribution is -2.67. The summed E-state index contributed by atoms with van der Waals surface area (Å²) in [6, 6.07) is 4.91. The van der Waals surface area contributed by atoms with E-state index in [2.05, 4.69) is 11.3 Å². The number of nitrogens with one attached hydrogen (secondary N) is 2. The lowest BCUT2D eigenvalue weighted by atomic mass is 9.85. The standard InChI is InChI=1S/C15H15F3N2O5S/c1-8-4-6-10(7-5-8)26(23,24)20-14(15(16,17)18)11(12(21)25-3)9(2)19-13(14)22/h4-7,11,20H,2H2,1,3H3,(H,19,22)/t11-,14-/m0/s1. The summed E-state index contributed by atoms with van der Waals surface area (Å²) in [4.78, 5) is 23.5. The molecule has 1 saturated heterocycles. The third-order valence-electron chi connectivity index (χ3n) is 3.92. The quantitative estimate of drug-likeness (QED) is 0.745. The number of rotatable bonds is 4.